The summed E-state index contributed by atoms with van der Waals surface area (Å²) in [4.78, 5) is 11.7. The molecule has 0 saturated heterocycles. The molecule has 0 saturated carbocycles. The highest BCUT2D eigenvalue weighted by Crippen LogP contribution is 2.31. The van der Waals surface area contributed by atoms with Crippen LogP contribution in [0, 0.1) is 0 Å². The average molecular weight is 218 g/mol. The van der Waals surface area contributed by atoms with E-state index in [1.54, 1.807) is 12.1 Å². The predicted molar refractivity (Wildman–Crippen MR) is 60.8 cm³/mol. The van der Waals surface area contributed by atoms with Crippen molar-refractivity contribution in [3.8, 4) is 11.5 Å². The molecule has 84 valence electrons. The number of allylic oxidation sites excluding steroid dienone is 1. The summed E-state index contributed by atoms with van der Waals surface area (Å²) in [5.41, 5.74) is 0.965. The van der Waals surface area contributed by atoms with Crippen molar-refractivity contribution in [3.63, 3.8) is 0 Å². The maximum atomic E-state index is 11.7. The molecule has 0 aliphatic carbocycles. The van der Waals surface area contributed by atoms with Crippen LogP contribution < -0.4 is 9.47 Å². The molecule has 0 radical (unpaired) electrons. The van der Waals surface area contributed by atoms with E-state index in [2.05, 4.69) is 0 Å². The molecule has 0 amide bonds. The summed E-state index contributed by atoms with van der Waals surface area (Å²) in [7, 11) is 0. The Hall–Kier alpha value is -1.77. The third kappa shape index (κ3) is 2.24. The van der Waals surface area contributed by atoms with E-state index in [1.165, 1.54) is 0 Å². The molecule has 3 nitrogen and oxygen atoms in total. The Balaban J connectivity index is 2.14. The summed E-state index contributed by atoms with van der Waals surface area (Å²) in [6, 6.07) is 7.37. The first-order chi connectivity index (χ1) is 7.66. The van der Waals surface area contributed by atoms with Crippen LogP contribution in [0.15, 0.2) is 35.9 Å². The van der Waals surface area contributed by atoms with E-state index in [0.717, 1.165) is 5.57 Å². The van der Waals surface area contributed by atoms with Crippen LogP contribution in [0.5, 0.6) is 11.5 Å². The van der Waals surface area contributed by atoms with Gasteiger partial charge in [-0.1, -0.05) is 17.7 Å². The first kappa shape index (κ1) is 10.7. The number of hydrogen-bond donors (Lipinski definition) is 0. The zero-order chi connectivity index (χ0) is 11.5. The minimum absolute atomic E-state index is 0.0468. The fraction of sp³-hybridized carbons (Fsp3) is 0.308. The number of carbonyl (C=O) groups excluding carboxylic acids is 1. The minimum atomic E-state index is -0.523. The van der Waals surface area contributed by atoms with Gasteiger partial charge >= 0.3 is 0 Å². The average Bonchev–Trinajstić information content (AvgIpc) is 2.27. The maximum Gasteiger partial charge on any atom is 0.199 e. The van der Waals surface area contributed by atoms with Crippen LogP contribution in [0.2, 0.25) is 0 Å². The van der Waals surface area contributed by atoms with Crippen molar-refractivity contribution >= 4 is 5.78 Å². The second kappa shape index (κ2) is 4.39. The Kier molecular flexibility index (Phi) is 2.95. The Morgan fingerprint density at radius 3 is 2.69 bits per heavy atom. The van der Waals surface area contributed by atoms with Crippen molar-refractivity contribution in [2.75, 3.05) is 6.61 Å². The first-order valence-electron chi connectivity index (χ1n) is 5.24. The van der Waals surface area contributed by atoms with Gasteiger partial charge in [0.05, 0.1) is 0 Å². The van der Waals surface area contributed by atoms with Crippen molar-refractivity contribution < 1.29 is 14.3 Å². The molecule has 1 atom stereocenters. The Labute approximate surface area is 94.7 Å². The van der Waals surface area contributed by atoms with Crippen LogP contribution in [-0.4, -0.2) is 18.5 Å². The maximum absolute atomic E-state index is 11.7. The summed E-state index contributed by atoms with van der Waals surface area (Å²) in [5, 5.41) is 0. The van der Waals surface area contributed by atoms with Crippen molar-refractivity contribution in [1.82, 2.24) is 0 Å². The van der Waals surface area contributed by atoms with Gasteiger partial charge in [-0.15, -0.1) is 0 Å². The lowest BCUT2D eigenvalue weighted by Gasteiger charge is -2.24. The number of ketones is 1. The van der Waals surface area contributed by atoms with Gasteiger partial charge in [-0.3, -0.25) is 4.79 Å². The Morgan fingerprint density at radius 2 is 2.00 bits per heavy atom. The standard InChI is InChI=1S/C13H14O3/c1-9(2)7-10(14)13-8-15-11-5-3-4-6-12(11)16-13/h3-7,13H,8H2,1-2H3. The number of ether oxygens (including phenoxy) is 2. The van der Waals surface area contributed by atoms with Crippen LogP contribution in [0.3, 0.4) is 0 Å². The normalized spacial score (nSPS) is 17.8. The highest BCUT2D eigenvalue weighted by atomic mass is 16.6. The van der Waals surface area contributed by atoms with E-state index in [9.17, 15) is 4.79 Å². The number of fused-ring (bicyclic) bond motifs is 1. The fourth-order valence-corrected chi connectivity index (χ4v) is 1.54. The SMILES string of the molecule is CC(C)=CC(=O)C1COc2ccccc2O1. The monoisotopic (exact) mass is 218 g/mol. The van der Waals surface area contributed by atoms with Gasteiger partial charge in [-0.25, -0.2) is 0 Å². The van der Waals surface area contributed by atoms with E-state index < -0.39 is 6.10 Å². The van der Waals surface area contributed by atoms with E-state index in [0.29, 0.717) is 11.5 Å². The quantitative estimate of drug-likeness (QED) is 0.715. The molecule has 1 aliphatic heterocycles. The summed E-state index contributed by atoms with van der Waals surface area (Å²) < 4.78 is 11.0. The molecule has 1 aromatic rings. The lowest BCUT2D eigenvalue weighted by molar-refractivity contribution is -0.123. The molecule has 2 rings (SSSR count). The topological polar surface area (TPSA) is 35.5 Å². The van der Waals surface area contributed by atoms with E-state index in [-0.39, 0.29) is 12.4 Å². The largest absolute Gasteiger partial charge is 0.485 e. The Morgan fingerprint density at radius 1 is 1.31 bits per heavy atom. The predicted octanol–water partition coefficient (Wildman–Crippen LogP) is 2.36. The molecule has 0 aromatic heterocycles. The van der Waals surface area contributed by atoms with Gasteiger partial charge in [0.15, 0.2) is 23.4 Å². The van der Waals surface area contributed by atoms with Crippen LogP contribution in [0.4, 0.5) is 0 Å². The van der Waals surface area contributed by atoms with Gasteiger partial charge in [-0.2, -0.15) is 0 Å². The van der Waals surface area contributed by atoms with Crippen molar-refractivity contribution in [3.05, 3.63) is 35.9 Å². The molecule has 16 heavy (non-hydrogen) atoms. The number of hydrogen-bond acceptors (Lipinski definition) is 3. The van der Waals surface area contributed by atoms with Gasteiger partial charge in [0.2, 0.25) is 0 Å². The molecule has 1 aliphatic rings. The number of benzene rings is 1. The van der Waals surface area contributed by atoms with Gasteiger partial charge in [0.25, 0.3) is 0 Å². The van der Waals surface area contributed by atoms with Crippen molar-refractivity contribution in [2.24, 2.45) is 0 Å². The summed E-state index contributed by atoms with van der Waals surface area (Å²) in [6.07, 6.45) is 1.06. The Bertz CT molecular complexity index is 431. The van der Waals surface area contributed by atoms with Crippen LogP contribution >= 0.6 is 0 Å². The van der Waals surface area contributed by atoms with Gasteiger partial charge in [0.1, 0.15) is 6.61 Å². The molecule has 0 bridgehead atoms. The molecule has 0 N–H and O–H groups in total. The summed E-state index contributed by atoms with van der Waals surface area (Å²) in [5.74, 6) is 1.28. The van der Waals surface area contributed by atoms with Gasteiger partial charge in [-0.05, 0) is 32.1 Å². The van der Waals surface area contributed by atoms with E-state index in [1.807, 2.05) is 32.0 Å². The minimum Gasteiger partial charge on any atom is -0.485 e. The van der Waals surface area contributed by atoms with Crippen molar-refractivity contribution in [1.29, 1.82) is 0 Å². The lowest BCUT2D eigenvalue weighted by atomic mass is 10.1. The summed E-state index contributed by atoms with van der Waals surface area (Å²) in [6.45, 7) is 4.05. The number of para-hydroxylation sites is 2. The van der Waals surface area contributed by atoms with Crippen LogP contribution in [0.25, 0.3) is 0 Å². The molecule has 0 spiro atoms. The fourth-order valence-electron chi connectivity index (χ4n) is 1.54. The molecular weight excluding hydrogens is 204 g/mol. The van der Waals surface area contributed by atoms with E-state index in [4.69, 9.17) is 9.47 Å². The van der Waals surface area contributed by atoms with Gasteiger partial charge in [0, 0.05) is 0 Å². The zero-order valence-electron chi connectivity index (χ0n) is 9.40. The molecular formula is C13H14O3. The van der Waals surface area contributed by atoms with Crippen LogP contribution in [-0.2, 0) is 4.79 Å². The third-order valence-electron chi connectivity index (χ3n) is 2.26. The highest BCUT2D eigenvalue weighted by molar-refractivity contribution is 5.94. The molecule has 0 fully saturated rings. The van der Waals surface area contributed by atoms with E-state index >= 15 is 0 Å². The third-order valence-corrected chi connectivity index (χ3v) is 2.26. The first-order valence-corrected chi connectivity index (χ1v) is 5.24. The van der Waals surface area contributed by atoms with Crippen LogP contribution in [0.1, 0.15) is 13.8 Å². The van der Waals surface area contributed by atoms with Gasteiger partial charge < -0.3 is 9.47 Å². The second-order valence-corrected chi connectivity index (χ2v) is 3.99. The molecule has 1 heterocycles. The van der Waals surface area contributed by atoms with Crippen molar-refractivity contribution in [2.45, 2.75) is 20.0 Å². The second-order valence-electron chi connectivity index (χ2n) is 3.99. The summed E-state index contributed by atoms with van der Waals surface area (Å²) >= 11 is 0. The zero-order valence-corrected chi connectivity index (χ0v) is 9.40. The smallest absolute Gasteiger partial charge is 0.199 e. The molecule has 3 heteroatoms. The highest BCUT2D eigenvalue weighted by Gasteiger charge is 2.25. The molecule has 1 unspecified atom stereocenters. The number of rotatable bonds is 2. The number of carbonyl (C=O) groups is 1. The molecule has 1 aromatic carbocycles. The lowest BCUT2D eigenvalue weighted by Crippen LogP contribution is -2.35.